The summed E-state index contributed by atoms with van der Waals surface area (Å²) in [5, 5.41) is 0. The van der Waals surface area contributed by atoms with Crippen LogP contribution in [0, 0.1) is 0 Å². The summed E-state index contributed by atoms with van der Waals surface area (Å²) in [5.74, 6) is 0.146. The van der Waals surface area contributed by atoms with Crippen molar-refractivity contribution in [3.63, 3.8) is 0 Å². The summed E-state index contributed by atoms with van der Waals surface area (Å²) in [6, 6.07) is 10.4. The van der Waals surface area contributed by atoms with Crippen molar-refractivity contribution in [3.05, 3.63) is 35.9 Å². The van der Waals surface area contributed by atoms with E-state index < -0.39 is 0 Å². The van der Waals surface area contributed by atoms with Crippen LogP contribution in [0.3, 0.4) is 0 Å². The molecule has 4 heteroatoms. The van der Waals surface area contributed by atoms with Gasteiger partial charge in [-0.15, -0.1) is 0 Å². The molecule has 1 aromatic rings. The Bertz CT molecular complexity index is 470. The third-order valence-corrected chi connectivity index (χ3v) is 4.56. The van der Waals surface area contributed by atoms with Gasteiger partial charge in [0.1, 0.15) is 6.10 Å². The van der Waals surface area contributed by atoms with Gasteiger partial charge in [-0.25, -0.2) is 0 Å². The molecule has 114 valence electrons. The number of rotatable bonds is 4. The molecule has 4 nitrogen and oxygen atoms in total. The molecule has 1 aromatic carbocycles. The normalized spacial score (nSPS) is 29.0. The van der Waals surface area contributed by atoms with E-state index in [-0.39, 0.29) is 24.2 Å². The minimum absolute atomic E-state index is 0.120. The molecular formula is C17H23NO3. The fourth-order valence-electron chi connectivity index (χ4n) is 3.43. The number of benzene rings is 1. The topological polar surface area (TPSA) is 38.8 Å². The van der Waals surface area contributed by atoms with Gasteiger partial charge >= 0.3 is 0 Å². The molecule has 2 saturated heterocycles. The molecular weight excluding hydrogens is 266 g/mol. The van der Waals surface area contributed by atoms with Crippen LogP contribution in [0.25, 0.3) is 0 Å². The minimum Gasteiger partial charge on any atom is -0.379 e. The number of ether oxygens (including phenoxy) is 2. The van der Waals surface area contributed by atoms with Crippen LogP contribution in [0.15, 0.2) is 30.3 Å². The zero-order valence-electron chi connectivity index (χ0n) is 12.5. The zero-order valence-corrected chi connectivity index (χ0v) is 12.5. The maximum Gasteiger partial charge on any atom is 0.252 e. The van der Waals surface area contributed by atoms with Gasteiger partial charge in [-0.1, -0.05) is 30.3 Å². The van der Waals surface area contributed by atoms with Gasteiger partial charge < -0.3 is 14.4 Å². The van der Waals surface area contributed by atoms with Crippen molar-refractivity contribution in [3.8, 4) is 0 Å². The van der Waals surface area contributed by atoms with E-state index in [0.717, 1.165) is 32.2 Å². The van der Waals surface area contributed by atoms with Gasteiger partial charge in [-0.05, 0) is 31.2 Å². The van der Waals surface area contributed by atoms with Crippen molar-refractivity contribution in [1.82, 2.24) is 4.90 Å². The van der Waals surface area contributed by atoms with Gasteiger partial charge in [0, 0.05) is 20.3 Å². The van der Waals surface area contributed by atoms with Gasteiger partial charge in [0.2, 0.25) is 0 Å². The lowest BCUT2D eigenvalue weighted by Crippen LogP contribution is -2.46. The largest absolute Gasteiger partial charge is 0.379 e. The molecule has 0 spiro atoms. The van der Waals surface area contributed by atoms with Gasteiger partial charge in [0.05, 0.1) is 12.1 Å². The highest BCUT2D eigenvalue weighted by molar-refractivity contribution is 5.82. The zero-order chi connectivity index (χ0) is 14.7. The van der Waals surface area contributed by atoms with Gasteiger partial charge in [-0.2, -0.15) is 0 Å². The summed E-state index contributed by atoms with van der Waals surface area (Å²) >= 11 is 0. The average molecular weight is 289 g/mol. The molecule has 2 heterocycles. The molecule has 0 radical (unpaired) electrons. The van der Waals surface area contributed by atoms with Gasteiger partial charge in [-0.3, -0.25) is 4.79 Å². The molecule has 2 fully saturated rings. The number of amides is 1. The smallest absolute Gasteiger partial charge is 0.252 e. The molecule has 0 bridgehead atoms. The predicted molar refractivity (Wildman–Crippen MR) is 80.0 cm³/mol. The molecule has 0 aromatic heterocycles. The molecule has 3 rings (SSSR count). The van der Waals surface area contributed by atoms with Crippen LogP contribution in [0.2, 0.25) is 0 Å². The molecule has 0 unspecified atom stereocenters. The summed E-state index contributed by atoms with van der Waals surface area (Å²) < 4.78 is 11.2. The lowest BCUT2D eigenvalue weighted by atomic mass is 10.0. The molecule has 1 amide bonds. The number of hydrogen-bond acceptors (Lipinski definition) is 3. The summed E-state index contributed by atoms with van der Waals surface area (Å²) in [7, 11) is 1.74. The van der Waals surface area contributed by atoms with E-state index in [0.29, 0.717) is 6.61 Å². The number of carbonyl (C=O) groups is 1. The fourth-order valence-corrected chi connectivity index (χ4v) is 3.43. The minimum atomic E-state index is -0.237. The highest BCUT2D eigenvalue weighted by Gasteiger charge is 2.40. The van der Waals surface area contributed by atoms with Crippen molar-refractivity contribution in [2.45, 2.75) is 43.9 Å². The molecule has 0 N–H and O–H groups in total. The van der Waals surface area contributed by atoms with E-state index in [1.54, 1.807) is 7.11 Å². The SMILES string of the molecule is CO[C@@H]1CCN(C(=O)[C@@H]2CCCO2)[C@@H]1Cc1ccccc1. The Morgan fingerprint density at radius 1 is 1.33 bits per heavy atom. The fraction of sp³-hybridized carbons (Fsp3) is 0.588. The number of likely N-dealkylation sites (tertiary alicyclic amines) is 1. The first-order chi connectivity index (χ1) is 10.3. The molecule has 3 atom stereocenters. The van der Waals surface area contributed by atoms with E-state index >= 15 is 0 Å². The number of carbonyl (C=O) groups excluding carboxylic acids is 1. The van der Waals surface area contributed by atoms with Crippen molar-refractivity contribution in [2.24, 2.45) is 0 Å². The number of nitrogens with zero attached hydrogens (tertiary/aromatic N) is 1. The van der Waals surface area contributed by atoms with E-state index in [1.165, 1.54) is 5.56 Å². The Balaban J connectivity index is 1.74. The average Bonchev–Trinajstić information content (AvgIpc) is 3.17. The maximum absolute atomic E-state index is 12.7. The van der Waals surface area contributed by atoms with Crippen LogP contribution >= 0.6 is 0 Å². The van der Waals surface area contributed by atoms with Gasteiger partial charge in [0.25, 0.3) is 5.91 Å². The van der Waals surface area contributed by atoms with Crippen molar-refractivity contribution < 1.29 is 14.3 Å². The first kappa shape index (κ1) is 14.5. The Hall–Kier alpha value is -1.39. The standard InChI is InChI=1S/C17H23NO3/c1-20-15-9-10-18(17(19)16-8-5-11-21-16)14(15)12-13-6-3-2-4-7-13/h2-4,6-7,14-16H,5,8-12H2,1H3/t14-,15-,16+/m1/s1. The van der Waals surface area contributed by atoms with Crippen molar-refractivity contribution in [1.29, 1.82) is 0 Å². The van der Waals surface area contributed by atoms with E-state index in [1.807, 2.05) is 23.1 Å². The predicted octanol–water partition coefficient (Wildman–Crippen LogP) is 2.02. The molecule has 0 saturated carbocycles. The van der Waals surface area contributed by atoms with E-state index in [9.17, 15) is 4.79 Å². The number of methoxy groups -OCH3 is 1. The van der Waals surface area contributed by atoms with Crippen LogP contribution in [0.5, 0.6) is 0 Å². The van der Waals surface area contributed by atoms with Crippen LogP contribution in [0.4, 0.5) is 0 Å². The van der Waals surface area contributed by atoms with E-state index in [4.69, 9.17) is 9.47 Å². The second-order valence-corrected chi connectivity index (χ2v) is 5.85. The van der Waals surface area contributed by atoms with Crippen LogP contribution in [-0.2, 0) is 20.7 Å². The summed E-state index contributed by atoms with van der Waals surface area (Å²) in [6.07, 6.45) is 3.48. The first-order valence-corrected chi connectivity index (χ1v) is 7.78. The summed E-state index contributed by atoms with van der Waals surface area (Å²) in [5.41, 5.74) is 1.25. The van der Waals surface area contributed by atoms with Crippen molar-refractivity contribution in [2.75, 3.05) is 20.3 Å². The Morgan fingerprint density at radius 2 is 2.14 bits per heavy atom. The quantitative estimate of drug-likeness (QED) is 0.851. The highest BCUT2D eigenvalue weighted by atomic mass is 16.5. The van der Waals surface area contributed by atoms with Crippen molar-refractivity contribution >= 4 is 5.91 Å². The summed E-state index contributed by atoms with van der Waals surface area (Å²) in [6.45, 7) is 1.48. The van der Waals surface area contributed by atoms with Crippen LogP contribution < -0.4 is 0 Å². The van der Waals surface area contributed by atoms with Crippen LogP contribution in [-0.4, -0.2) is 49.3 Å². The first-order valence-electron chi connectivity index (χ1n) is 7.78. The third kappa shape index (κ3) is 3.11. The Labute approximate surface area is 126 Å². The Morgan fingerprint density at radius 3 is 2.81 bits per heavy atom. The third-order valence-electron chi connectivity index (χ3n) is 4.56. The molecule has 2 aliphatic rings. The molecule has 0 aliphatic carbocycles. The monoisotopic (exact) mass is 289 g/mol. The van der Waals surface area contributed by atoms with Gasteiger partial charge in [0.15, 0.2) is 0 Å². The van der Waals surface area contributed by atoms with E-state index in [2.05, 4.69) is 12.1 Å². The Kier molecular flexibility index (Phi) is 4.56. The molecule has 2 aliphatic heterocycles. The second-order valence-electron chi connectivity index (χ2n) is 5.85. The maximum atomic E-state index is 12.7. The summed E-state index contributed by atoms with van der Waals surface area (Å²) in [4.78, 5) is 14.6. The van der Waals surface area contributed by atoms with Crippen LogP contribution in [0.1, 0.15) is 24.8 Å². The molecule has 21 heavy (non-hydrogen) atoms. The lowest BCUT2D eigenvalue weighted by Gasteiger charge is -2.29. The number of hydrogen-bond donors (Lipinski definition) is 0. The highest BCUT2D eigenvalue weighted by Crippen LogP contribution is 2.27. The lowest BCUT2D eigenvalue weighted by molar-refractivity contribution is -0.142. The second kappa shape index (κ2) is 6.58.